The van der Waals surface area contributed by atoms with Crippen LogP contribution in [0.25, 0.3) is 0 Å². The van der Waals surface area contributed by atoms with E-state index < -0.39 is 0 Å². The highest BCUT2D eigenvalue weighted by Gasteiger charge is 2.27. The maximum absolute atomic E-state index is 11.7. The minimum absolute atomic E-state index is 0.0483. The summed E-state index contributed by atoms with van der Waals surface area (Å²) in [5.74, 6) is 0.0483. The molecular formula is C15H19N5O. The standard InChI is InChI=1S/C15H19N5O/c1-16-15(21)8-14-11-19(9-12-2-5-17-6-3-12)10-13-4-7-18-20(13)14/h2-7,14H,8-11H2,1H3,(H,16,21). The van der Waals surface area contributed by atoms with Crippen LogP contribution >= 0.6 is 0 Å². The van der Waals surface area contributed by atoms with Crippen LogP contribution < -0.4 is 5.32 Å². The fourth-order valence-corrected chi connectivity index (χ4v) is 2.80. The second-order valence-electron chi connectivity index (χ2n) is 5.32. The molecule has 0 aliphatic carbocycles. The van der Waals surface area contributed by atoms with Crippen molar-refractivity contribution in [3.05, 3.63) is 48.0 Å². The molecule has 0 aromatic carbocycles. The van der Waals surface area contributed by atoms with Crippen molar-refractivity contribution in [1.82, 2.24) is 25.0 Å². The molecule has 1 atom stereocenters. The Morgan fingerprint density at radius 3 is 2.90 bits per heavy atom. The van der Waals surface area contributed by atoms with E-state index in [1.807, 2.05) is 41.5 Å². The summed E-state index contributed by atoms with van der Waals surface area (Å²) in [6.07, 6.45) is 5.89. The van der Waals surface area contributed by atoms with Gasteiger partial charge in [0.2, 0.25) is 5.91 Å². The minimum atomic E-state index is 0.0483. The first-order valence-electron chi connectivity index (χ1n) is 7.10. The van der Waals surface area contributed by atoms with Gasteiger partial charge in [-0.05, 0) is 23.8 Å². The number of carbonyl (C=O) groups is 1. The summed E-state index contributed by atoms with van der Waals surface area (Å²) < 4.78 is 1.98. The first-order valence-corrected chi connectivity index (χ1v) is 7.10. The lowest BCUT2D eigenvalue weighted by Gasteiger charge is -2.33. The van der Waals surface area contributed by atoms with E-state index in [2.05, 4.69) is 20.3 Å². The molecule has 1 unspecified atom stereocenters. The van der Waals surface area contributed by atoms with E-state index in [9.17, 15) is 4.79 Å². The molecule has 3 heterocycles. The summed E-state index contributed by atoms with van der Waals surface area (Å²) in [5, 5.41) is 7.06. The molecule has 0 radical (unpaired) electrons. The molecule has 1 amide bonds. The number of hydrogen-bond acceptors (Lipinski definition) is 4. The Labute approximate surface area is 123 Å². The number of aromatic nitrogens is 3. The minimum Gasteiger partial charge on any atom is -0.359 e. The van der Waals surface area contributed by atoms with Crippen molar-refractivity contribution in [2.75, 3.05) is 13.6 Å². The summed E-state index contributed by atoms with van der Waals surface area (Å²) >= 11 is 0. The number of nitrogens with one attached hydrogen (secondary N) is 1. The molecule has 2 aromatic heterocycles. The fourth-order valence-electron chi connectivity index (χ4n) is 2.80. The number of fused-ring (bicyclic) bond motifs is 1. The molecule has 0 bridgehead atoms. The SMILES string of the molecule is CNC(=O)CC1CN(Cc2ccncc2)Cc2ccnn21. The largest absolute Gasteiger partial charge is 0.359 e. The Morgan fingerprint density at radius 2 is 2.14 bits per heavy atom. The van der Waals surface area contributed by atoms with Crippen molar-refractivity contribution in [1.29, 1.82) is 0 Å². The van der Waals surface area contributed by atoms with Gasteiger partial charge in [-0.15, -0.1) is 0 Å². The zero-order valence-electron chi connectivity index (χ0n) is 12.1. The van der Waals surface area contributed by atoms with Gasteiger partial charge in [-0.25, -0.2) is 0 Å². The fraction of sp³-hybridized carbons (Fsp3) is 0.400. The van der Waals surface area contributed by atoms with E-state index in [0.717, 1.165) is 25.3 Å². The topological polar surface area (TPSA) is 63.1 Å². The molecule has 110 valence electrons. The molecule has 0 fully saturated rings. The third-order valence-corrected chi connectivity index (χ3v) is 3.81. The average Bonchev–Trinajstić information content (AvgIpc) is 2.97. The van der Waals surface area contributed by atoms with Gasteiger partial charge in [-0.1, -0.05) is 0 Å². The van der Waals surface area contributed by atoms with Gasteiger partial charge in [0, 0.05) is 45.3 Å². The second kappa shape index (κ2) is 6.05. The van der Waals surface area contributed by atoms with Crippen LogP contribution in [0.1, 0.15) is 23.7 Å². The van der Waals surface area contributed by atoms with Crippen molar-refractivity contribution in [2.24, 2.45) is 0 Å². The van der Waals surface area contributed by atoms with Crippen LogP contribution in [-0.4, -0.2) is 39.2 Å². The number of hydrogen-bond donors (Lipinski definition) is 1. The van der Waals surface area contributed by atoms with E-state index in [-0.39, 0.29) is 11.9 Å². The van der Waals surface area contributed by atoms with Gasteiger partial charge >= 0.3 is 0 Å². The molecule has 0 saturated heterocycles. The lowest BCUT2D eigenvalue weighted by atomic mass is 10.1. The van der Waals surface area contributed by atoms with Crippen LogP contribution in [-0.2, 0) is 17.9 Å². The Kier molecular flexibility index (Phi) is 3.96. The Hall–Kier alpha value is -2.21. The Balaban J connectivity index is 1.75. The predicted octanol–water partition coefficient (Wildman–Crippen LogP) is 0.971. The van der Waals surface area contributed by atoms with E-state index in [4.69, 9.17) is 0 Å². The molecular weight excluding hydrogens is 266 g/mol. The van der Waals surface area contributed by atoms with Gasteiger partial charge in [0.1, 0.15) is 0 Å². The summed E-state index contributed by atoms with van der Waals surface area (Å²) in [5.41, 5.74) is 2.39. The first-order chi connectivity index (χ1) is 10.3. The van der Waals surface area contributed by atoms with Gasteiger partial charge in [0.05, 0.1) is 18.2 Å². The molecule has 0 saturated carbocycles. The number of amides is 1. The van der Waals surface area contributed by atoms with Crippen LogP contribution in [0, 0.1) is 0 Å². The van der Waals surface area contributed by atoms with E-state index in [0.29, 0.717) is 6.42 Å². The zero-order chi connectivity index (χ0) is 14.7. The van der Waals surface area contributed by atoms with Crippen molar-refractivity contribution in [3.63, 3.8) is 0 Å². The summed E-state index contributed by atoms with van der Waals surface area (Å²) in [7, 11) is 1.67. The first kappa shape index (κ1) is 13.8. The Morgan fingerprint density at radius 1 is 1.33 bits per heavy atom. The molecule has 1 N–H and O–H groups in total. The highest BCUT2D eigenvalue weighted by molar-refractivity contribution is 5.76. The monoisotopic (exact) mass is 285 g/mol. The molecule has 1 aliphatic heterocycles. The molecule has 6 heteroatoms. The second-order valence-corrected chi connectivity index (χ2v) is 5.32. The summed E-state index contributed by atoms with van der Waals surface area (Å²) in [6.45, 7) is 2.54. The number of nitrogens with zero attached hydrogens (tertiary/aromatic N) is 4. The van der Waals surface area contributed by atoms with Gasteiger partial charge in [-0.2, -0.15) is 5.10 Å². The average molecular weight is 285 g/mol. The third-order valence-electron chi connectivity index (χ3n) is 3.81. The van der Waals surface area contributed by atoms with Gasteiger partial charge in [0.15, 0.2) is 0 Å². The Bertz CT molecular complexity index is 610. The number of pyridine rings is 1. The summed E-state index contributed by atoms with van der Waals surface area (Å²) in [6, 6.07) is 6.17. The van der Waals surface area contributed by atoms with Crippen molar-refractivity contribution in [2.45, 2.75) is 25.6 Å². The molecule has 6 nitrogen and oxygen atoms in total. The van der Waals surface area contributed by atoms with E-state index >= 15 is 0 Å². The van der Waals surface area contributed by atoms with Crippen LogP contribution in [0.2, 0.25) is 0 Å². The van der Waals surface area contributed by atoms with Gasteiger partial charge < -0.3 is 5.32 Å². The number of carbonyl (C=O) groups excluding carboxylic acids is 1. The predicted molar refractivity (Wildman–Crippen MR) is 78.3 cm³/mol. The van der Waals surface area contributed by atoms with E-state index in [1.54, 1.807) is 7.05 Å². The summed E-state index contributed by atoms with van der Waals surface area (Å²) in [4.78, 5) is 18.1. The highest BCUT2D eigenvalue weighted by Crippen LogP contribution is 2.24. The smallest absolute Gasteiger partial charge is 0.221 e. The van der Waals surface area contributed by atoms with Crippen molar-refractivity contribution in [3.8, 4) is 0 Å². The lowest BCUT2D eigenvalue weighted by Crippen LogP contribution is -2.39. The molecule has 2 aromatic rings. The normalized spacial score (nSPS) is 18.2. The maximum atomic E-state index is 11.7. The zero-order valence-corrected chi connectivity index (χ0v) is 12.1. The van der Waals surface area contributed by atoms with Crippen LogP contribution in [0.5, 0.6) is 0 Å². The van der Waals surface area contributed by atoms with Gasteiger partial charge in [0.25, 0.3) is 0 Å². The molecule has 0 spiro atoms. The van der Waals surface area contributed by atoms with Crippen LogP contribution in [0.15, 0.2) is 36.8 Å². The maximum Gasteiger partial charge on any atom is 0.221 e. The third kappa shape index (κ3) is 3.11. The highest BCUT2D eigenvalue weighted by atomic mass is 16.1. The van der Waals surface area contributed by atoms with E-state index in [1.165, 1.54) is 5.56 Å². The van der Waals surface area contributed by atoms with Crippen molar-refractivity contribution < 1.29 is 4.79 Å². The van der Waals surface area contributed by atoms with Crippen molar-refractivity contribution >= 4 is 5.91 Å². The number of rotatable bonds is 4. The lowest BCUT2D eigenvalue weighted by molar-refractivity contribution is -0.121. The quantitative estimate of drug-likeness (QED) is 0.909. The van der Waals surface area contributed by atoms with Gasteiger partial charge in [-0.3, -0.25) is 19.4 Å². The molecule has 21 heavy (non-hydrogen) atoms. The van der Waals surface area contributed by atoms with Crippen LogP contribution in [0.3, 0.4) is 0 Å². The molecule has 1 aliphatic rings. The molecule has 3 rings (SSSR count). The van der Waals surface area contributed by atoms with Crippen LogP contribution in [0.4, 0.5) is 0 Å².